The van der Waals surface area contributed by atoms with Crippen molar-refractivity contribution >= 4 is 32.7 Å². The Morgan fingerprint density at radius 2 is 1.65 bits per heavy atom. The van der Waals surface area contributed by atoms with E-state index in [4.69, 9.17) is 9.72 Å². The molecule has 6 aromatic rings. The number of hydrogen-bond acceptors (Lipinski definition) is 4. The smallest absolute Gasteiger partial charge is 0.219 e. The molecule has 3 aromatic carbocycles. The third kappa shape index (κ3) is 3.87. The van der Waals surface area contributed by atoms with Crippen LogP contribution >= 0.6 is 0 Å². The average Bonchev–Trinajstić information content (AvgIpc) is 3.28. The first-order valence-corrected chi connectivity index (χ1v) is 13.0. The lowest BCUT2D eigenvalue weighted by Gasteiger charge is -2.22. The van der Waals surface area contributed by atoms with Gasteiger partial charge < -0.3 is 9.84 Å². The van der Waals surface area contributed by atoms with Gasteiger partial charge in [0, 0.05) is 34.5 Å². The molecule has 1 fully saturated rings. The van der Waals surface area contributed by atoms with E-state index in [1.165, 1.54) is 43.1 Å². The Hall–Kier alpha value is -4.38. The summed E-state index contributed by atoms with van der Waals surface area (Å²) in [6.45, 7) is 0. The number of phenolic OH excluding ortho intramolecular Hbond substituents is 1. The van der Waals surface area contributed by atoms with Crippen LogP contribution in [-0.4, -0.2) is 19.6 Å². The van der Waals surface area contributed by atoms with E-state index < -0.39 is 0 Å². The highest BCUT2D eigenvalue weighted by molar-refractivity contribution is 6.09. The van der Waals surface area contributed by atoms with Gasteiger partial charge in [-0.3, -0.25) is 4.57 Å². The van der Waals surface area contributed by atoms with Crippen molar-refractivity contribution in [3.05, 3.63) is 96.7 Å². The van der Waals surface area contributed by atoms with Crippen molar-refractivity contribution in [2.24, 2.45) is 0 Å². The summed E-state index contributed by atoms with van der Waals surface area (Å²) >= 11 is 0. The van der Waals surface area contributed by atoms with E-state index in [0.29, 0.717) is 23.1 Å². The van der Waals surface area contributed by atoms with E-state index >= 15 is 0 Å². The van der Waals surface area contributed by atoms with Crippen molar-refractivity contribution in [3.8, 4) is 23.2 Å². The number of pyridine rings is 2. The second-order valence-electron chi connectivity index (χ2n) is 9.91. The SMILES string of the molecule is Oc1cccc2ccc(Oc3ccc4c5ccccc5n(-c5cc(C6CCCCC6)ccn5)c4c3)nc12. The Bertz CT molecular complexity index is 1770. The second-order valence-corrected chi connectivity index (χ2v) is 9.91. The summed E-state index contributed by atoms with van der Waals surface area (Å²) in [4.78, 5) is 9.36. The van der Waals surface area contributed by atoms with Crippen LogP contribution in [0.2, 0.25) is 0 Å². The second kappa shape index (κ2) is 8.93. The van der Waals surface area contributed by atoms with Crippen molar-refractivity contribution in [2.75, 3.05) is 0 Å². The minimum Gasteiger partial charge on any atom is -0.506 e. The number of para-hydroxylation sites is 2. The Morgan fingerprint density at radius 3 is 2.57 bits per heavy atom. The maximum absolute atomic E-state index is 10.2. The van der Waals surface area contributed by atoms with E-state index in [-0.39, 0.29) is 5.75 Å². The molecule has 0 amide bonds. The van der Waals surface area contributed by atoms with Crippen LogP contribution in [0.4, 0.5) is 0 Å². The van der Waals surface area contributed by atoms with Gasteiger partial charge in [-0.05, 0) is 66.8 Å². The Morgan fingerprint density at radius 1 is 0.784 bits per heavy atom. The number of aromatic nitrogens is 3. The van der Waals surface area contributed by atoms with Gasteiger partial charge in [-0.1, -0.05) is 49.6 Å². The monoisotopic (exact) mass is 485 g/mol. The fourth-order valence-electron chi connectivity index (χ4n) is 5.80. The Balaban J connectivity index is 1.35. The lowest BCUT2D eigenvalue weighted by molar-refractivity contribution is 0.443. The topological polar surface area (TPSA) is 60.2 Å². The number of phenols is 1. The van der Waals surface area contributed by atoms with Crippen LogP contribution in [0.25, 0.3) is 38.5 Å². The van der Waals surface area contributed by atoms with Gasteiger partial charge in [0.2, 0.25) is 5.88 Å². The first-order valence-electron chi connectivity index (χ1n) is 13.0. The van der Waals surface area contributed by atoms with Gasteiger partial charge in [0.25, 0.3) is 0 Å². The summed E-state index contributed by atoms with van der Waals surface area (Å²) in [5.41, 5.74) is 4.06. The molecule has 3 heterocycles. The quantitative estimate of drug-likeness (QED) is 0.273. The molecule has 5 nitrogen and oxygen atoms in total. The Kier molecular flexibility index (Phi) is 5.28. The molecule has 1 N–H and O–H groups in total. The van der Waals surface area contributed by atoms with E-state index in [2.05, 4.69) is 58.1 Å². The fourth-order valence-corrected chi connectivity index (χ4v) is 5.80. The third-order valence-corrected chi connectivity index (χ3v) is 7.62. The van der Waals surface area contributed by atoms with E-state index in [1.807, 2.05) is 36.5 Å². The third-order valence-electron chi connectivity index (χ3n) is 7.62. The van der Waals surface area contributed by atoms with Gasteiger partial charge in [0.1, 0.15) is 22.8 Å². The highest BCUT2D eigenvalue weighted by Crippen LogP contribution is 2.37. The largest absolute Gasteiger partial charge is 0.506 e. The van der Waals surface area contributed by atoms with Crippen LogP contribution in [-0.2, 0) is 0 Å². The standard InChI is InChI=1S/C32H27N3O2/c36-29-12-6-9-22-13-16-31(34-32(22)29)37-24-14-15-26-25-10-4-5-11-27(25)35(28(26)20-24)30-19-23(17-18-33-30)21-7-2-1-3-8-21/h4-6,9-21,36H,1-3,7-8H2. The summed E-state index contributed by atoms with van der Waals surface area (Å²) in [6, 6.07) is 28.2. The van der Waals surface area contributed by atoms with E-state index in [9.17, 15) is 5.11 Å². The number of hydrogen-bond donors (Lipinski definition) is 1. The van der Waals surface area contributed by atoms with Crippen LogP contribution in [0, 0.1) is 0 Å². The van der Waals surface area contributed by atoms with Crippen LogP contribution in [0.3, 0.4) is 0 Å². The van der Waals surface area contributed by atoms with Crippen LogP contribution < -0.4 is 4.74 Å². The number of ether oxygens (including phenoxy) is 1. The van der Waals surface area contributed by atoms with Gasteiger partial charge in [0.15, 0.2) is 0 Å². The maximum atomic E-state index is 10.2. The number of fused-ring (bicyclic) bond motifs is 4. The summed E-state index contributed by atoms with van der Waals surface area (Å²) < 4.78 is 8.44. The number of benzene rings is 3. The molecule has 1 saturated carbocycles. The van der Waals surface area contributed by atoms with Crippen molar-refractivity contribution in [3.63, 3.8) is 0 Å². The predicted octanol–water partition coefficient (Wildman–Crippen LogP) is 8.27. The molecule has 1 aliphatic carbocycles. The zero-order valence-electron chi connectivity index (χ0n) is 20.5. The molecule has 0 radical (unpaired) electrons. The molecule has 5 heteroatoms. The van der Waals surface area contributed by atoms with E-state index in [0.717, 1.165) is 27.6 Å². The molecule has 7 rings (SSSR count). The first kappa shape index (κ1) is 21.9. The molecular formula is C32H27N3O2. The van der Waals surface area contributed by atoms with Gasteiger partial charge in [0.05, 0.1) is 11.0 Å². The summed E-state index contributed by atoms with van der Waals surface area (Å²) in [5, 5.41) is 13.4. The lowest BCUT2D eigenvalue weighted by atomic mass is 9.84. The number of rotatable bonds is 4. The molecule has 3 aromatic heterocycles. The first-order chi connectivity index (χ1) is 18.2. The van der Waals surface area contributed by atoms with Crippen LogP contribution in [0.5, 0.6) is 17.4 Å². The van der Waals surface area contributed by atoms with Crippen molar-refractivity contribution in [2.45, 2.75) is 38.0 Å². The summed E-state index contributed by atoms with van der Waals surface area (Å²) in [7, 11) is 0. The highest BCUT2D eigenvalue weighted by atomic mass is 16.5. The van der Waals surface area contributed by atoms with Gasteiger partial charge in [-0.2, -0.15) is 0 Å². The van der Waals surface area contributed by atoms with Gasteiger partial charge >= 0.3 is 0 Å². The van der Waals surface area contributed by atoms with Crippen molar-refractivity contribution < 1.29 is 9.84 Å². The minimum atomic E-state index is 0.141. The average molecular weight is 486 g/mol. The summed E-state index contributed by atoms with van der Waals surface area (Å²) in [5.74, 6) is 2.80. The molecule has 0 atom stereocenters. The molecule has 1 aliphatic rings. The number of nitrogens with zero attached hydrogens (tertiary/aromatic N) is 3. The molecule has 182 valence electrons. The predicted molar refractivity (Wildman–Crippen MR) is 148 cm³/mol. The maximum Gasteiger partial charge on any atom is 0.219 e. The molecule has 0 saturated heterocycles. The molecule has 0 bridgehead atoms. The van der Waals surface area contributed by atoms with Crippen LogP contribution in [0.15, 0.2) is 91.1 Å². The van der Waals surface area contributed by atoms with Crippen molar-refractivity contribution in [1.82, 2.24) is 14.5 Å². The zero-order valence-corrected chi connectivity index (χ0v) is 20.5. The molecule has 37 heavy (non-hydrogen) atoms. The minimum absolute atomic E-state index is 0.141. The van der Waals surface area contributed by atoms with Crippen molar-refractivity contribution in [1.29, 1.82) is 0 Å². The normalized spacial score (nSPS) is 14.5. The van der Waals surface area contributed by atoms with Gasteiger partial charge in [-0.25, -0.2) is 9.97 Å². The molecule has 0 aliphatic heterocycles. The van der Waals surface area contributed by atoms with E-state index in [1.54, 1.807) is 6.07 Å². The van der Waals surface area contributed by atoms with Crippen LogP contribution in [0.1, 0.15) is 43.6 Å². The Labute approximate surface area is 215 Å². The summed E-state index contributed by atoms with van der Waals surface area (Å²) in [6.07, 6.45) is 8.41. The highest BCUT2D eigenvalue weighted by Gasteiger charge is 2.18. The zero-order chi connectivity index (χ0) is 24.8. The molecule has 0 unspecified atom stereocenters. The molecule has 0 spiro atoms. The van der Waals surface area contributed by atoms with Gasteiger partial charge in [-0.15, -0.1) is 0 Å². The fraction of sp³-hybridized carbons (Fsp3) is 0.188. The number of aromatic hydroxyl groups is 1. The lowest BCUT2D eigenvalue weighted by Crippen LogP contribution is -2.06. The molecular weight excluding hydrogens is 458 g/mol.